The lowest BCUT2D eigenvalue weighted by molar-refractivity contribution is 0.0492. The fraction of sp³-hybridized carbons (Fsp3) is 0.227. The van der Waals surface area contributed by atoms with E-state index < -0.39 is 6.16 Å². The Kier molecular flexibility index (Phi) is 6.09. The molecule has 0 radical (unpaired) electrons. The van der Waals surface area contributed by atoms with Crippen molar-refractivity contribution in [2.24, 2.45) is 0 Å². The minimum atomic E-state index is -0.640. The zero-order valence-electron chi connectivity index (χ0n) is 14.8. The molecule has 3 aromatic rings. The van der Waals surface area contributed by atoms with Gasteiger partial charge in [0.15, 0.2) is 0 Å². The van der Waals surface area contributed by atoms with Gasteiger partial charge in [-0.1, -0.05) is 54.6 Å². The summed E-state index contributed by atoms with van der Waals surface area (Å²) in [4.78, 5) is 11.7. The Hall–Kier alpha value is -3.01. The van der Waals surface area contributed by atoms with Crippen LogP contribution < -0.4 is 4.74 Å². The molecule has 0 saturated carbocycles. The molecule has 0 saturated heterocycles. The normalized spacial score (nSPS) is 10.5. The van der Waals surface area contributed by atoms with Gasteiger partial charge in [-0.3, -0.25) is 0 Å². The van der Waals surface area contributed by atoms with Gasteiger partial charge in [0, 0.05) is 0 Å². The van der Waals surface area contributed by atoms with Crippen molar-refractivity contribution in [3.05, 3.63) is 77.9 Å². The van der Waals surface area contributed by atoms with Gasteiger partial charge in [0.05, 0.1) is 13.7 Å². The minimum Gasteiger partial charge on any atom is -0.497 e. The number of ether oxygens (including phenoxy) is 3. The van der Waals surface area contributed by atoms with Crippen LogP contribution in [0.1, 0.15) is 17.5 Å². The summed E-state index contributed by atoms with van der Waals surface area (Å²) in [6, 6.07) is 22.0. The fourth-order valence-electron chi connectivity index (χ4n) is 2.73. The van der Waals surface area contributed by atoms with Gasteiger partial charge in [-0.25, -0.2) is 4.79 Å². The first-order valence-corrected chi connectivity index (χ1v) is 8.65. The van der Waals surface area contributed by atoms with E-state index in [0.29, 0.717) is 6.61 Å². The maximum absolute atomic E-state index is 11.7. The number of fused-ring (bicyclic) bond motifs is 1. The molecule has 0 atom stereocenters. The van der Waals surface area contributed by atoms with Gasteiger partial charge in [-0.2, -0.15) is 0 Å². The summed E-state index contributed by atoms with van der Waals surface area (Å²) in [6.07, 6.45) is 0.978. The van der Waals surface area contributed by atoms with Gasteiger partial charge in [0.25, 0.3) is 0 Å². The van der Waals surface area contributed by atoms with E-state index in [2.05, 4.69) is 30.3 Å². The van der Waals surface area contributed by atoms with Crippen LogP contribution in [0.4, 0.5) is 4.79 Å². The molecule has 3 rings (SSSR count). The van der Waals surface area contributed by atoms with E-state index >= 15 is 0 Å². The third-order valence-corrected chi connectivity index (χ3v) is 4.16. The van der Waals surface area contributed by atoms with Crippen molar-refractivity contribution < 1.29 is 19.0 Å². The molecule has 4 heteroatoms. The maximum Gasteiger partial charge on any atom is 0.508 e. The molecule has 0 amide bonds. The van der Waals surface area contributed by atoms with Gasteiger partial charge >= 0.3 is 6.16 Å². The van der Waals surface area contributed by atoms with E-state index in [1.54, 1.807) is 7.11 Å². The molecule has 0 spiro atoms. The predicted octanol–water partition coefficient (Wildman–Crippen LogP) is 5.13. The summed E-state index contributed by atoms with van der Waals surface area (Å²) < 4.78 is 15.3. The lowest BCUT2D eigenvalue weighted by Crippen LogP contribution is -2.09. The molecule has 3 aromatic carbocycles. The average molecular weight is 350 g/mol. The predicted molar refractivity (Wildman–Crippen MR) is 101 cm³/mol. The first-order valence-electron chi connectivity index (χ1n) is 8.65. The van der Waals surface area contributed by atoms with Crippen molar-refractivity contribution >= 4 is 16.9 Å². The van der Waals surface area contributed by atoms with Crippen molar-refractivity contribution in [2.75, 3.05) is 13.7 Å². The van der Waals surface area contributed by atoms with E-state index in [1.165, 1.54) is 16.3 Å². The quantitative estimate of drug-likeness (QED) is 0.437. The van der Waals surface area contributed by atoms with Crippen molar-refractivity contribution in [1.29, 1.82) is 0 Å². The van der Waals surface area contributed by atoms with Gasteiger partial charge < -0.3 is 14.2 Å². The maximum atomic E-state index is 11.7. The highest BCUT2D eigenvalue weighted by Crippen LogP contribution is 2.16. The highest BCUT2D eigenvalue weighted by Gasteiger charge is 2.05. The Morgan fingerprint density at radius 1 is 0.846 bits per heavy atom. The van der Waals surface area contributed by atoms with E-state index in [4.69, 9.17) is 14.2 Å². The summed E-state index contributed by atoms with van der Waals surface area (Å²) in [5, 5.41) is 2.46. The first-order chi connectivity index (χ1) is 12.7. The van der Waals surface area contributed by atoms with Gasteiger partial charge in [0.2, 0.25) is 0 Å². The Balaban J connectivity index is 1.37. The van der Waals surface area contributed by atoms with Crippen LogP contribution >= 0.6 is 0 Å². The number of carbonyl (C=O) groups is 1. The molecule has 4 nitrogen and oxygen atoms in total. The second-order valence-corrected chi connectivity index (χ2v) is 6.02. The summed E-state index contributed by atoms with van der Waals surface area (Å²) in [6.45, 7) is 0.530. The van der Waals surface area contributed by atoms with Gasteiger partial charge in [-0.15, -0.1) is 0 Å². The van der Waals surface area contributed by atoms with Crippen molar-refractivity contribution in [1.82, 2.24) is 0 Å². The zero-order valence-corrected chi connectivity index (χ0v) is 14.8. The van der Waals surface area contributed by atoms with Crippen molar-refractivity contribution in [3.63, 3.8) is 0 Å². The molecule has 0 aliphatic heterocycles. The Morgan fingerprint density at radius 3 is 2.35 bits per heavy atom. The van der Waals surface area contributed by atoms with Gasteiger partial charge in [0.1, 0.15) is 12.4 Å². The van der Waals surface area contributed by atoms with Gasteiger partial charge in [-0.05, 0) is 46.9 Å². The number of carbonyl (C=O) groups excluding carboxylic acids is 1. The van der Waals surface area contributed by atoms with Crippen LogP contribution in [-0.2, 0) is 22.5 Å². The smallest absolute Gasteiger partial charge is 0.497 e. The Labute approximate surface area is 153 Å². The van der Waals surface area contributed by atoms with Crippen LogP contribution in [0.3, 0.4) is 0 Å². The van der Waals surface area contributed by atoms with E-state index in [1.807, 2.05) is 36.4 Å². The van der Waals surface area contributed by atoms with E-state index in [0.717, 1.165) is 24.2 Å². The standard InChI is InChI=1S/C22H22O4/c1-24-21-12-9-18(10-13-21)16-26-22(23)25-14-4-5-17-8-11-19-6-2-3-7-20(19)15-17/h2-3,6-13,15H,4-5,14,16H2,1H3. The largest absolute Gasteiger partial charge is 0.508 e. The molecular formula is C22H22O4. The number of hydrogen-bond donors (Lipinski definition) is 0. The minimum absolute atomic E-state index is 0.188. The van der Waals surface area contributed by atoms with Crippen molar-refractivity contribution in [2.45, 2.75) is 19.4 Å². The molecule has 0 unspecified atom stereocenters. The monoisotopic (exact) mass is 350 g/mol. The Bertz CT molecular complexity index is 855. The summed E-state index contributed by atoms with van der Waals surface area (Å²) in [5.41, 5.74) is 2.12. The summed E-state index contributed by atoms with van der Waals surface area (Å²) >= 11 is 0. The zero-order chi connectivity index (χ0) is 18.2. The number of methoxy groups -OCH3 is 1. The van der Waals surface area contributed by atoms with Crippen LogP contribution in [0, 0.1) is 0 Å². The number of hydrogen-bond acceptors (Lipinski definition) is 4. The lowest BCUT2D eigenvalue weighted by Gasteiger charge is -2.07. The van der Waals surface area contributed by atoms with E-state index in [-0.39, 0.29) is 6.61 Å². The highest BCUT2D eigenvalue weighted by molar-refractivity contribution is 5.82. The molecule has 0 N–H and O–H groups in total. The molecule has 0 heterocycles. The highest BCUT2D eigenvalue weighted by atomic mass is 16.7. The molecule has 134 valence electrons. The second kappa shape index (κ2) is 8.90. The van der Waals surface area contributed by atoms with E-state index in [9.17, 15) is 4.79 Å². The number of benzene rings is 3. The van der Waals surface area contributed by atoms with Crippen LogP contribution in [0.5, 0.6) is 5.75 Å². The molecule has 0 aromatic heterocycles. The van der Waals surface area contributed by atoms with Crippen molar-refractivity contribution in [3.8, 4) is 5.75 Å². The third-order valence-electron chi connectivity index (χ3n) is 4.16. The average Bonchev–Trinajstić information content (AvgIpc) is 2.70. The Morgan fingerprint density at radius 2 is 1.58 bits per heavy atom. The first kappa shape index (κ1) is 17.8. The molecule has 0 aliphatic rings. The molecule has 0 bridgehead atoms. The molecule has 0 fully saturated rings. The lowest BCUT2D eigenvalue weighted by atomic mass is 10.0. The number of rotatable bonds is 7. The van der Waals surface area contributed by atoms with Crippen LogP contribution in [0.25, 0.3) is 10.8 Å². The van der Waals surface area contributed by atoms with Crippen LogP contribution in [0.15, 0.2) is 66.7 Å². The molecular weight excluding hydrogens is 328 g/mol. The molecule has 0 aliphatic carbocycles. The molecule has 26 heavy (non-hydrogen) atoms. The fourth-order valence-corrected chi connectivity index (χ4v) is 2.73. The third kappa shape index (κ3) is 4.99. The van der Waals surface area contributed by atoms with Crippen LogP contribution in [0.2, 0.25) is 0 Å². The van der Waals surface area contributed by atoms with Crippen LogP contribution in [-0.4, -0.2) is 19.9 Å². The SMILES string of the molecule is COc1ccc(COC(=O)OCCCc2ccc3ccccc3c2)cc1. The second-order valence-electron chi connectivity index (χ2n) is 6.02. The number of aryl methyl sites for hydroxylation is 1. The summed E-state index contributed by atoms with van der Waals surface area (Å²) in [7, 11) is 1.61. The summed E-state index contributed by atoms with van der Waals surface area (Å²) in [5.74, 6) is 0.769. The topological polar surface area (TPSA) is 44.8 Å².